The average molecular weight is 285 g/mol. The Morgan fingerprint density at radius 2 is 1.90 bits per heavy atom. The van der Waals surface area contributed by atoms with Gasteiger partial charge in [-0.25, -0.2) is 0 Å². The van der Waals surface area contributed by atoms with Crippen LogP contribution in [0.3, 0.4) is 0 Å². The van der Waals surface area contributed by atoms with Crippen molar-refractivity contribution in [1.29, 1.82) is 0 Å². The molecule has 0 saturated carbocycles. The van der Waals surface area contributed by atoms with Gasteiger partial charge in [-0.3, -0.25) is 15.1 Å². The van der Waals surface area contributed by atoms with Gasteiger partial charge >= 0.3 is 0 Å². The molecule has 1 aromatic heterocycles. The Labute approximate surface area is 124 Å². The molecular weight excluding hydrogens is 266 g/mol. The van der Waals surface area contributed by atoms with Crippen LogP contribution in [0.2, 0.25) is 0 Å². The summed E-state index contributed by atoms with van der Waals surface area (Å²) in [6.45, 7) is 7.62. The van der Waals surface area contributed by atoms with E-state index in [1.54, 1.807) is 19.1 Å². The number of nitro groups is 1. The number of anilines is 1. The number of aromatic nitrogens is 1. The van der Waals surface area contributed by atoms with Gasteiger partial charge in [0, 0.05) is 23.4 Å². The second-order valence-corrected chi connectivity index (χ2v) is 5.25. The van der Waals surface area contributed by atoms with Gasteiger partial charge in [0.05, 0.1) is 16.3 Å². The number of nitro benzene ring substituents is 1. The fraction of sp³-hybridized carbons (Fsp3) is 0.312. The Morgan fingerprint density at radius 3 is 2.52 bits per heavy atom. The second-order valence-electron chi connectivity index (χ2n) is 5.25. The van der Waals surface area contributed by atoms with Gasteiger partial charge in [-0.05, 0) is 45.4 Å². The minimum absolute atomic E-state index is 0.0347. The maximum absolute atomic E-state index is 11.0. The van der Waals surface area contributed by atoms with Crippen molar-refractivity contribution in [2.24, 2.45) is 0 Å². The number of hydrogen-bond acceptors (Lipinski definition) is 4. The lowest BCUT2D eigenvalue weighted by Gasteiger charge is -2.17. The van der Waals surface area contributed by atoms with Crippen molar-refractivity contribution >= 4 is 11.4 Å². The van der Waals surface area contributed by atoms with E-state index in [-0.39, 0.29) is 16.7 Å². The molecule has 1 atom stereocenters. The summed E-state index contributed by atoms with van der Waals surface area (Å²) in [5, 5.41) is 14.4. The molecule has 0 aliphatic heterocycles. The first-order chi connectivity index (χ1) is 9.88. The summed E-state index contributed by atoms with van der Waals surface area (Å²) in [7, 11) is 0. The van der Waals surface area contributed by atoms with E-state index in [2.05, 4.69) is 10.3 Å². The smallest absolute Gasteiger partial charge is 0.272 e. The number of nitrogens with one attached hydrogen (secondary N) is 1. The zero-order valence-corrected chi connectivity index (χ0v) is 12.7. The predicted molar refractivity (Wildman–Crippen MR) is 83.6 cm³/mol. The molecule has 0 saturated heterocycles. The summed E-state index contributed by atoms with van der Waals surface area (Å²) in [6.07, 6.45) is 0. The van der Waals surface area contributed by atoms with E-state index < -0.39 is 0 Å². The van der Waals surface area contributed by atoms with Crippen LogP contribution in [0.25, 0.3) is 0 Å². The Hall–Kier alpha value is -2.43. The molecular formula is C16H19N3O2. The first-order valence-corrected chi connectivity index (χ1v) is 6.84. The van der Waals surface area contributed by atoms with Crippen LogP contribution in [0.4, 0.5) is 11.4 Å². The molecule has 0 spiro atoms. The fourth-order valence-corrected chi connectivity index (χ4v) is 2.25. The van der Waals surface area contributed by atoms with Crippen LogP contribution in [0.15, 0.2) is 30.3 Å². The molecule has 1 aromatic carbocycles. The van der Waals surface area contributed by atoms with E-state index in [9.17, 15) is 10.1 Å². The first kappa shape index (κ1) is 15.0. The molecule has 0 fully saturated rings. The molecule has 5 heteroatoms. The molecule has 0 aliphatic rings. The lowest BCUT2D eigenvalue weighted by atomic mass is 10.0. The number of rotatable bonds is 4. The molecule has 2 aromatic rings. The molecule has 21 heavy (non-hydrogen) atoms. The third-order valence-electron chi connectivity index (χ3n) is 3.53. The summed E-state index contributed by atoms with van der Waals surface area (Å²) < 4.78 is 0. The first-order valence-electron chi connectivity index (χ1n) is 6.84. The number of nitrogens with zero attached hydrogens (tertiary/aromatic N) is 2. The summed E-state index contributed by atoms with van der Waals surface area (Å²) in [5.74, 6) is 0. The molecule has 0 aliphatic carbocycles. The van der Waals surface area contributed by atoms with Crippen molar-refractivity contribution in [1.82, 2.24) is 4.98 Å². The van der Waals surface area contributed by atoms with Crippen molar-refractivity contribution in [2.75, 3.05) is 5.32 Å². The van der Waals surface area contributed by atoms with Crippen LogP contribution in [-0.4, -0.2) is 9.91 Å². The highest BCUT2D eigenvalue weighted by Gasteiger charge is 2.15. The third-order valence-corrected chi connectivity index (χ3v) is 3.53. The van der Waals surface area contributed by atoms with Crippen molar-refractivity contribution in [3.63, 3.8) is 0 Å². The molecule has 0 radical (unpaired) electrons. The highest BCUT2D eigenvalue weighted by molar-refractivity contribution is 5.51. The maximum Gasteiger partial charge on any atom is 0.272 e. The number of aryl methyl sites for hydroxylation is 3. The van der Waals surface area contributed by atoms with E-state index in [0.29, 0.717) is 5.56 Å². The van der Waals surface area contributed by atoms with E-state index >= 15 is 0 Å². The van der Waals surface area contributed by atoms with Crippen LogP contribution < -0.4 is 5.32 Å². The van der Waals surface area contributed by atoms with Crippen molar-refractivity contribution in [3.8, 4) is 0 Å². The van der Waals surface area contributed by atoms with Gasteiger partial charge in [0.2, 0.25) is 0 Å². The highest BCUT2D eigenvalue weighted by Crippen LogP contribution is 2.26. The van der Waals surface area contributed by atoms with Crippen LogP contribution in [-0.2, 0) is 0 Å². The Morgan fingerprint density at radius 1 is 1.19 bits per heavy atom. The van der Waals surface area contributed by atoms with Gasteiger partial charge in [-0.2, -0.15) is 0 Å². The zero-order chi connectivity index (χ0) is 15.6. The van der Waals surface area contributed by atoms with Crippen LogP contribution >= 0.6 is 0 Å². The van der Waals surface area contributed by atoms with Gasteiger partial charge in [0.25, 0.3) is 5.69 Å². The molecule has 110 valence electrons. The Kier molecular flexibility index (Phi) is 4.21. The summed E-state index contributed by atoms with van der Waals surface area (Å²) >= 11 is 0. The molecule has 2 rings (SSSR count). The lowest BCUT2D eigenvalue weighted by Crippen LogP contribution is -2.09. The summed E-state index contributed by atoms with van der Waals surface area (Å²) in [4.78, 5) is 15.1. The summed E-state index contributed by atoms with van der Waals surface area (Å²) in [6, 6.07) is 9.22. The molecule has 1 unspecified atom stereocenters. The quantitative estimate of drug-likeness (QED) is 0.678. The molecule has 0 amide bonds. The largest absolute Gasteiger partial charge is 0.377 e. The standard InChI is InChI=1S/C16H19N3O2/c1-10-5-7-14(9-16(10)19(20)21)12(3)18-15-8-6-11(2)17-13(15)4/h5-9,12,18H,1-4H3. The third kappa shape index (κ3) is 3.37. The van der Waals surface area contributed by atoms with Gasteiger partial charge in [0.1, 0.15) is 0 Å². The average Bonchev–Trinajstić information content (AvgIpc) is 2.42. The Balaban J connectivity index is 2.26. The normalized spacial score (nSPS) is 12.0. The topological polar surface area (TPSA) is 68.1 Å². The molecule has 5 nitrogen and oxygen atoms in total. The second kappa shape index (κ2) is 5.91. The molecule has 1 heterocycles. The summed E-state index contributed by atoms with van der Waals surface area (Å²) in [5.41, 5.74) is 4.53. The van der Waals surface area contributed by atoms with E-state index in [1.165, 1.54) is 0 Å². The van der Waals surface area contributed by atoms with Crippen molar-refractivity contribution in [3.05, 3.63) is 63.0 Å². The number of pyridine rings is 1. The monoisotopic (exact) mass is 285 g/mol. The van der Waals surface area contributed by atoms with Gasteiger partial charge in [-0.15, -0.1) is 0 Å². The maximum atomic E-state index is 11.0. The number of benzene rings is 1. The van der Waals surface area contributed by atoms with E-state index in [4.69, 9.17) is 0 Å². The zero-order valence-electron chi connectivity index (χ0n) is 12.7. The predicted octanol–water partition coefficient (Wildman–Crippen LogP) is 4.09. The van der Waals surface area contributed by atoms with Crippen molar-refractivity contribution < 1.29 is 4.92 Å². The molecule has 1 N–H and O–H groups in total. The van der Waals surface area contributed by atoms with E-state index in [1.807, 2.05) is 39.0 Å². The highest BCUT2D eigenvalue weighted by atomic mass is 16.6. The van der Waals surface area contributed by atoms with Crippen LogP contribution in [0.5, 0.6) is 0 Å². The van der Waals surface area contributed by atoms with Gasteiger partial charge in [0.15, 0.2) is 0 Å². The fourth-order valence-electron chi connectivity index (χ4n) is 2.25. The van der Waals surface area contributed by atoms with E-state index in [0.717, 1.165) is 22.6 Å². The SMILES string of the molecule is Cc1ccc(NC(C)c2ccc(C)c([N+](=O)[O-])c2)c(C)n1. The van der Waals surface area contributed by atoms with Gasteiger partial charge < -0.3 is 5.32 Å². The lowest BCUT2D eigenvalue weighted by molar-refractivity contribution is -0.385. The van der Waals surface area contributed by atoms with Crippen LogP contribution in [0, 0.1) is 30.9 Å². The minimum Gasteiger partial charge on any atom is -0.377 e. The number of hydrogen-bond donors (Lipinski definition) is 1. The van der Waals surface area contributed by atoms with Crippen LogP contribution in [0.1, 0.15) is 35.5 Å². The minimum atomic E-state index is -0.343. The Bertz CT molecular complexity index is 683. The van der Waals surface area contributed by atoms with Gasteiger partial charge in [-0.1, -0.05) is 12.1 Å². The van der Waals surface area contributed by atoms with Crippen molar-refractivity contribution in [2.45, 2.75) is 33.7 Å². The molecule has 0 bridgehead atoms.